The van der Waals surface area contributed by atoms with Gasteiger partial charge in [-0.2, -0.15) is 0 Å². The van der Waals surface area contributed by atoms with Crippen LogP contribution in [0.1, 0.15) is 36.0 Å². The van der Waals surface area contributed by atoms with E-state index in [1.54, 1.807) is 18.2 Å². The largest absolute Gasteiger partial charge is 0.508 e. The molecule has 2 N–H and O–H groups in total. The van der Waals surface area contributed by atoms with Gasteiger partial charge in [0.25, 0.3) is 5.91 Å². The maximum atomic E-state index is 11.9. The molecular formula is C13H16ClNO2. The Morgan fingerprint density at radius 2 is 2.00 bits per heavy atom. The number of carbonyl (C=O) groups excluding carboxylic acids is 1. The quantitative estimate of drug-likeness (QED) is 0.796. The van der Waals surface area contributed by atoms with Gasteiger partial charge in [-0.05, 0) is 43.9 Å². The molecule has 2 rings (SSSR count). The molecule has 1 aromatic carbocycles. The molecule has 1 saturated carbocycles. The van der Waals surface area contributed by atoms with Gasteiger partial charge in [0.1, 0.15) is 5.75 Å². The summed E-state index contributed by atoms with van der Waals surface area (Å²) in [7, 11) is 0. The van der Waals surface area contributed by atoms with Crippen LogP contribution in [-0.4, -0.2) is 22.4 Å². The Hall–Kier alpha value is -1.22. The topological polar surface area (TPSA) is 49.3 Å². The Bertz CT molecular complexity index is 400. The van der Waals surface area contributed by atoms with Crippen molar-refractivity contribution >= 4 is 17.5 Å². The summed E-state index contributed by atoms with van der Waals surface area (Å²) in [6.07, 6.45) is 3.76. The van der Waals surface area contributed by atoms with Crippen LogP contribution in [0.15, 0.2) is 24.3 Å². The number of phenols is 1. The van der Waals surface area contributed by atoms with Crippen molar-refractivity contribution in [2.75, 3.05) is 0 Å². The average Bonchev–Trinajstić information content (AvgIpc) is 2.32. The van der Waals surface area contributed by atoms with Gasteiger partial charge in [-0.3, -0.25) is 4.79 Å². The first-order valence-corrected chi connectivity index (χ1v) is 6.33. The van der Waals surface area contributed by atoms with Crippen LogP contribution in [-0.2, 0) is 0 Å². The Labute approximate surface area is 106 Å². The van der Waals surface area contributed by atoms with E-state index in [1.165, 1.54) is 6.07 Å². The van der Waals surface area contributed by atoms with E-state index in [1.807, 2.05) is 0 Å². The third-order valence-electron chi connectivity index (χ3n) is 3.10. The summed E-state index contributed by atoms with van der Waals surface area (Å²) >= 11 is 6.01. The average molecular weight is 254 g/mol. The van der Waals surface area contributed by atoms with E-state index in [-0.39, 0.29) is 23.1 Å². The number of benzene rings is 1. The molecule has 0 unspecified atom stereocenters. The van der Waals surface area contributed by atoms with E-state index >= 15 is 0 Å². The molecule has 0 saturated heterocycles. The maximum Gasteiger partial charge on any atom is 0.251 e. The minimum atomic E-state index is -0.126. The van der Waals surface area contributed by atoms with Crippen LogP contribution in [0.5, 0.6) is 5.75 Å². The van der Waals surface area contributed by atoms with Crippen molar-refractivity contribution in [1.82, 2.24) is 5.32 Å². The Morgan fingerprint density at radius 1 is 1.29 bits per heavy atom. The van der Waals surface area contributed by atoms with E-state index in [2.05, 4.69) is 5.32 Å². The molecule has 1 fully saturated rings. The van der Waals surface area contributed by atoms with E-state index in [0.29, 0.717) is 5.56 Å². The van der Waals surface area contributed by atoms with Crippen LogP contribution in [0.4, 0.5) is 0 Å². The molecule has 0 aliphatic heterocycles. The lowest BCUT2D eigenvalue weighted by Gasteiger charge is -2.25. The highest BCUT2D eigenvalue weighted by Gasteiger charge is 2.21. The lowest BCUT2D eigenvalue weighted by atomic mass is 9.95. The number of carbonyl (C=O) groups is 1. The second-order valence-electron chi connectivity index (χ2n) is 4.47. The fourth-order valence-corrected chi connectivity index (χ4v) is 2.36. The smallest absolute Gasteiger partial charge is 0.251 e. The predicted octanol–water partition coefficient (Wildman–Crippen LogP) is 2.67. The number of phenolic OH excluding ortho intramolecular Hbond substituents is 1. The van der Waals surface area contributed by atoms with E-state index in [4.69, 9.17) is 11.6 Å². The number of aromatic hydroxyl groups is 1. The Kier molecular flexibility index (Phi) is 3.89. The molecule has 1 aliphatic carbocycles. The van der Waals surface area contributed by atoms with E-state index < -0.39 is 0 Å². The fourth-order valence-electron chi connectivity index (χ4n) is 2.11. The first-order valence-electron chi connectivity index (χ1n) is 5.89. The van der Waals surface area contributed by atoms with Gasteiger partial charge in [0.05, 0.1) is 0 Å². The Morgan fingerprint density at radius 3 is 2.65 bits per heavy atom. The third-order valence-corrected chi connectivity index (χ3v) is 3.54. The highest BCUT2D eigenvalue weighted by atomic mass is 35.5. The van der Waals surface area contributed by atoms with Crippen LogP contribution < -0.4 is 5.32 Å². The zero-order valence-electron chi connectivity index (χ0n) is 9.53. The molecule has 1 aromatic rings. The third kappa shape index (κ3) is 3.37. The first kappa shape index (κ1) is 12.2. The monoisotopic (exact) mass is 253 g/mol. The van der Waals surface area contributed by atoms with Crippen LogP contribution >= 0.6 is 11.6 Å². The minimum Gasteiger partial charge on any atom is -0.508 e. The molecule has 0 spiro atoms. The van der Waals surface area contributed by atoms with Crippen LogP contribution in [0.25, 0.3) is 0 Å². The molecule has 0 heterocycles. The molecule has 0 radical (unpaired) electrons. The Balaban J connectivity index is 1.93. The van der Waals surface area contributed by atoms with Gasteiger partial charge in [0.2, 0.25) is 0 Å². The van der Waals surface area contributed by atoms with Crippen LogP contribution in [0.3, 0.4) is 0 Å². The molecule has 1 aliphatic rings. The molecule has 0 atom stereocenters. The number of rotatable bonds is 2. The number of halogens is 1. The van der Waals surface area contributed by atoms with E-state index in [9.17, 15) is 9.90 Å². The minimum absolute atomic E-state index is 0.113. The number of nitrogens with one attached hydrogen (secondary N) is 1. The number of hydrogen-bond acceptors (Lipinski definition) is 2. The van der Waals surface area contributed by atoms with Crippen molar-refractivity contribution in [2.45, 2.75) is 37.1 Å². The SMILES string of the molecule is O=C(NC1CCC(Cl)CC1)c1cccc(O)c1. The maximum absolute atomic E-state index is 11.9. The summed E-state index contributed by atoms with van der Waals surface area (Å²) in [5.41, 5.74) is 0.498. The van der Waals surface area contributed by atoms with Gasteiger partial charge in [-0.25, -0.2) is 0 Å². The van der Waals surface area contributed by atoms with Crippen molar-refractivity contribution in [2.24, 2.45) is 0 Å². The number of hydrogen-bond donors (Lipinski definition) is 2. The number of amides is 1. The summed E-state index contributed by atoms with van der Waals surface area (Å²) in [5, 5.41) is 12.5. The van der Waals surface area contributed by atoms with Crippen LogP contribution in [0, 0.1) is 0 Å². The van der Waals surface area contributed by atoms with Gasteiger partial charge in [-0.15, -0.1) is 11.6 Å². The van der Waals surface area contributed by atoms with Gasteiger partial charge >= 0.3 is 0 Å². The second kappa shape index (κ2) is 5.41. The highest BCUT2D eigenvalue weighted by Crippen LogP contribution is 2.23. The second-order valence-corrected chi connectivity index (χ2v) is 5.09. The summed E-state index contributed by atoms with van der Waals surface area (Å²) in [5.74, 6) is -0.0129. The molecule has 1 amide bonds. The zero-order valence-corrected chi connectivity index (χ0v) is 10.3. The number of alkyl halides is 1. The summed E-state index contributed by atoms with van der Waals surface area (Å²) < 4.78 is 0. The van der Waals surface area contributed by atoms with Gasteiger partial charge in [0, 0.05) is 17.0 Å². The van der Waals surface area contributed by atoms with Crippen LogP contribution in [0.2, 0.25) is 0 Å². The normalized spacial score (nSPS) is 24.3. The lowest BCUT2D eigenvalue weighted by molar-refractivity contribution is 0.0927. The lowest BCUT2D eigenvalue weighted by Crippen LogP contribution is -2.37. The van der Waals surface area contributed by atoms with Crippen molar-refractivity contribution in [1.29, 1.82) is 0 Å². The van der Waals surface area contributed by atoms with Gasteiger partial charge in [0.15, 0.2) is 0 Å². The van der Waals surface area contributed by atoms with Crippen molar-refractivity contribution in [3.8, 4) is 5.75 Å². The molecule has 92 valence electrons. The van der Waals surface area contributed by atoms with E-state index in [0.717, 1.165) is 25.7 Å². The van der Waals surface area contributed by atoms with Gasteiger partial charge < -0.3 is 10.4 Å². The molecule has 4 heteroatoms. The van der Waals surface area contributed by atoms with Crippen molar-refractivity contribution in [3.05, 3.63) is 29.8 Å². The summed E-state index contributed by atoms with van der Waals surface area (Å²) in [4.78, 5) is 11.9. The summed E-state index contributed by atoms with van der Waals surface area (Å²) in [6, 6.07) is 6.60. The molecular weight excluding hydrogens is 238 g/mol. The van der Waals surface area contributed by atoms with Crippen molar-refractivity contribution in [3.63, 3.8) is 0 Å². The molecule has 0 aromatic heterocycles. The molecule has 0 bridgehead atoms. The summed E-state index contributed by atoms with van der Waals surface area (Å²) in [6.45, 7) is 0. The molecule has 3 nitrogen and oxygen atoms in total. The van der Waals surface area contributed by atoms with Crippen molar-refractivity contribution < 1.29 is 9.90 Å². The van der Waals surface area contributed by atoms with Gasteiger partial charge in [-0.1, -0.05) is 6.07 Å². The first-order chi connectivity index (χ1) is 8.15. The predicted molar refractivity (Wildman–Crippen MR) is 67.5 cm³/mol. The zero-order chi connectivity index (χ0) is 12.3. The standard InChI is InChI=1S/C13H16ClNO2/c14-10-4-6-11(7-5-10)15-13(17)9-2-1-3-12(16)8-9/h1-3,8,10-11,16H,4-7H2,(H,15,17). The highest BCUT2D eigenvalue weighted by molar-refractivity contribution is 6.20. The molecule has 17 heavy (non-hydrogen) atoms. The fraction of sp³-hybridized carbons (Fsp3) is 0.462.